The van der Waals surface area contributed by atoms with Crippen molar-refractivity contribution in [1.29, 1.82) is 0 Å². The molecule has 0 bridgehead atoms. The minimum atomic E-state index is -0.0571. The zero-order valence-corrected chi connectivity index (χ0v) is 15.4. The van der Waals surface area contributed by atoms with Gasteiger partial charge in [-0.15, -0.1) is 21.5 Å². The number of aromatic nitrogens is 3. The minimum Gasteiger partial charge on any atom is -0.435 e. The lowest BCUT2D eigenvalue weighted by atomic mass is 10.2. The quantitative estimate of drug-likeness (QED) is 0.842. The summed E-state index contributed by atoms with van der Waals surface area (Å²) in [4.78, 5) is 21.2. The van der Waals surface area contributed by atoms with E-state index >= 15 is 0 Å². The highest BCUT2D eigenvalue weighted by atomic mass is 32.1. The molecule has 0 saturated carbocycles. The van der Waals surface area contributed by atoms with Crippen molar-refractivity contribution in [3.63, 3.8) is 0 Å². The zero-order valence-electron chi connectivity index (χ0n) is 14.6. The molecule has 2 aromatic rings. The zero-order chi connectivity index (χ0) is 17.3. The van der Waals surface area contributed by atoms with Crippen LogP contribution in [0.15, 0.2) is 4.42 Å². The molecule has 1 amide bonds. The molecule has 130 valence electrons. The molecule has 0 aromatic carbocycles. The fraction of sp³-hybridized carbons (Fsp3) is 0.625. The molecule has 1 fully saturated rings. The van der Waals surface area contributed by atoms with Gasteiger partial charge in [0.2, 0.25) is 5.76 Å². The van der Waals surface area contributed by atoms with Crippen molar-refractivity contribution in [2.75, 3.05) is 26.2 Å². The maximum absolute atomic E-state index is 12.7. The minimum absolute atomic E-state index is 0.0571. The van der Waals surface area contributed by atoms with E-state index < -0.39 is 0 Å². The van der Waals surface area contributed by atoms with Gasteiger partial charge in [-0.1, -0.05) is 13.8 Å². The van der Waals surface area contributed by atoms with Crippen LogP contribution >= 0.6 is 11.3 Å². The number of hydrogen-bond donors (Lipinski definition) is 0. The smallest absolute Gasteiger partial charge is 0.291 e. The van der Waals surface area contributed by atoms with Gasteiger partial charge in [0.25, 0.3) is 5.91 Å². The highest BCUT2D eigenvalue weighted by Gasteiger charge is 2.27. The molecule has 3 rings (SSSR count). The Balaban J connectivity index is 1.59. The van der Waals surface area contributed by atoms with Crippen LogP contribution in [0.2, 0.25) is 0 Å². The molecule has 0 N–H and O–H groups in total. The molecular weight excluding hydrogens is 326 g/mol. The fourth-order valence-corrected chi connectivity index (χ4v) is 3.46. The Morgan fingerprint density at radius 1 is 1.21 bits per heavy atom. The summed E-state index contributed by atoms with van der Waals surface area (Å²) in [5.74, 6) is 1.13. The van der Waals surface area contributed by atoms with Crippen molar-refractivity contribution in [2.24, 2.45) is 0 Å². The number of carbonyl (C=O) groups is 1. The first kappa shape index (κ1) is 17.0. The van der Waals surface area contributed by atoms with Crippen LogP contribution in [0.3, 0.4) is 0 Å². The van der Waals surface area contributed by atoms with Crippen LogP contribution in [0.5, 0.6) is 0 Å². The summed E-state index contributed by atoms with van der Waals surface area (Å²) in [5, 5.41) is 10.2. The van der Waals surface area contributed by atoms with E-state index in [2.05, 4.69) is 20.1 Å². The van der Waals surface area contributed by atoms with Gasteiger partial charge in [-0.2, -0.15) is 0 Å². The third kappa shape index (κ3) is 3.64. The Labute approximate surface area is 145 Å². The van der Waals surface area contributed by atoms with Crippen molar-refractivity contribution in [1.82, 2.24) is 25.0 Å². The number of amides is 1. The predicted molar refractivity (Wildman–Crippen MR) is 91.2 cm³/mol. The Kier molecular flexibility index (Phi) is 4.96. The Morgan fingerprint density at radius 3 is 2.46 bits per heavy atom. The summed E-state index contributed by atoms with van der Waals surface area (Å²) in [7, 11) is 0. The molecule has 0 unspecified atom stereocenters. The average Bonchev–Trinajstić information content (AvgIpc) is 3.13. The second kappa shape index (κ2) is 6.98. The topological polar surface area (TPSA) is 75.4 Å². The molecule has 1 aliphatic rings. The van der Waals surface area contributed by atoms with E-state index in [1.54, 1.807) is 11.3 Å². The van der Waals surface area contributed by atoms with Gasteiger partial charge in [-0.3, -0.25) is 9.69 Å². The van der Waals surface area contributed by atoms with Gasteiger partial charge in [0, 0.05) is 32.1 Å². The van der Waals surface area contributed by atoms with Crippen LogP contribution in [0.4, 0.5) is 0 Å². The van der Waals surface area contributed by atoms with Crippen molar-refractivity contribution in [3.05, 3.63) is 27.4 Å². The summed E-state index contributed by atoms with van der Waals surface area (Å²) in [6.45, 7) is 11.6. The largest absolute Gasteiger partial charge is 0.435 e. The van der Waals surface area contributed by atoms with Crippen molar-refractivity contribution in [3.8, 4) is 0 Å². The number of aryl methyl sites for hydroxylation is 2. The maximum atomic E-state index is 12.7. The molecular formula is C16H23N5O2S. The van der Waals surface area contributed by atoms with E-state index in [-0.39, 0.29) is 11.8 Å². The van der Waals surface area contributed by atoms with E-state index in [0.29, 0.717) is 30.4 Å². The molecule has 24 heavy (non-hydrogen) atoms. The molecule has 0 atom stereocenters. The van der Waals surface area contributed by atoms with E-state index in [0.717, 1.165) is 29.6 Å². The SMILES string of the molecule is Cc1nnc(CN2CCN(C(=O)c3oc(C(C)C)nc3C)CC2)s1. The van der Waals surface area contributed by atoms with Gasteiger partial charge in [0.05, 0.1) is 12.2 Å². The molecule has 2 aromatic heterocycles. The summed E-state index contributed by atoms with van der Waals surface area (Å²) in [5.41, 5.74) is 0.676. The molecule has 0 aliphatic carbocycles. The highest BCUT2D eigenvalue weighted by Crippen LogP contribution is 2.20. The molecule has 7 nitrogen and oxygen atoms in total. The van der Waals surface area contributed by atoms with E-state index in [1.165, 1.54) is 0 Å². The lowest BCUT2D eigenvalue weighted by Gasteiger charge is -2.33. The molecule has 0 radical (unpaired) electrons. The normalized spacial score (nSPS) is 16.1. The lowest BCUT2D eigenvalue weighted by Crippen LogP contribution is -2.48. The summed E-state index contributed by atoms with van der Waals surface area (Å²) >= 11 is 1.63. The van der Waals surface area contributed by atoms with Crippen molar-refractivity contribution in [2.45, 2.75) is 40.2 Å². The van der Waals surface area contributed by atoms with Gasteiger partial charge < -0.3 is 9.32 Å². The second-order valence-corrected chi connectivity index (χ2v) is 7.67. The number of piperazine rings is 1. The fourth-order valence-electron chi connectivity index (χ4n) is 2.71. The standard InChI is InChI=1S/C16H23N5O2S/c1-10(2)15-17-11(3)14(23-15)16(22)21-7-5-20(6-8-21)9-13-19-18-12(4)24-13/h10H,5-9H2,1-4H3. The molecule has 8 heteroatoms. The molecule has 3 heterocycles. The number of hydrogen-bond acceptors (Lipinski definition) is 7. The third-order valence-corrected chi connectivity index (χ3v) is 4.91. The number of rotatable bonds is 4. The van der Waals surface area contributed by atoms with Crippen molar-refractivity contribution < 1.29 is 9.21 Å². The van der Waals surface area contributed by atoms with Gasteiger partial charge >= 0.3 is 0 Å². The number of oxazole rings is 1. The summed E-state index contributed by atoms with van der Waals surface area (Å²) in [6, 6.07) is 0. The summed E-state index contributed by atoms with van der Waals surface area (Å²) < 4.78 is 5.68. The van der Waals surface area contributed by atoms with Gasteiger partial charge in [-0.05, 0) is 13.8 Å². The molecule has 0 spiro atoms. The van der Waals surface area contributed by atoms with Gasteiger partial charge in [-0.25, -0.2) is 4.98 Å². The first-order valence-electron chi connectivity index (χ1n) is 8.22. The van der Waals surface area contributed by atoms with Crippen LogP contribution in [0, 0.1) is 13.8 Å². The van der Waals surface area contributed by atoms with Crippen LogP contribution < -0.4 is 0 Å². The second-order valence-electron chi connectivity index (χ2n) is 6.40. The first-order chi connectivity index (χ1) is 11.4. The van der Waals surface area contributed by atoms with Crippen LogP contribution in [0.25, 0.3) is 0 Å². The Bertz CT molecular complexity index is 716. The summed E-state index contributed by atoms with van der Waals surface area (Å²) in [6.07, 6.45) is 0. The highest BCUT2D eigenvalue weighted by molar-refractivity contribution is 7.11. The van der Waals surface area contributed by atoms with Crippen LogP contribution in [-0.2, 0) is 6.54 Å². The number of nitrogens with zero attached hydrogens (tertiary/aromatic N) is 5. The van der Waals surface area contributed by atoms with Gasteiger partial charge in [0.1, 0.15) is 10.0 Å². The number of carbonyl (C=O) groups excluding carboxylic acids is 1. The maximum Gasteiger partial charge on any atom is 0.291 e. The van der Waals surface area contributed by atoms with E-state index in [9.17, 15) is 4.79 Å². The van der Waals surface area contributed by atoms with E-state index in [1.807, 2.05) is 32.6 Å². The van der Waals surface area contributed by atoms with Crippen LogP contribution in [-0.4, -0.2) is 57.1 Å². The average molecular weight is 349 g/mol. The van der Waals surface area contributed by atoms with Crippen molar-refractivity contribution >= 4 is 17.2 Å². The predicted octanol–water partition coefficient (Wildman–Crippen LogP) is 2.22. The third-order valence-electron chi connectivity index (χ3n) is 4.09. The van der Waals surface area contributed by atoms with Crippen LogP contribution in [0.1, 0.15) is 51.9 Å². The molecule has 1 aliphatic heterocycles. The molecule has 1 saturated heterocycles. The first-order valence-corrected chi connectivity index (χ1v) is 9.03. The van der Waals surface area contributed by atoms with Gasteiger partial charge in [0.15, 0.2) is 5.89 Å². The Morgan fingerprint density at radius 2 is 1.92 bits per heavy atom. The monoisotopic (exact) mass is 349 g/mol. The lowest BCUT2D eigenvalue weighted by molar-refractivity contribution is 0.0594. The Hall–Kier alpha value is -1.80. The van der Waals surface area contributed by atoms with E-state index in [4.69, 9.17) is 4.42 Å².